The summed E-state index contributed by atoms with van der Waals surface area (Å²) in [6, 6.07) is 5.93. The van der Waals surface area contributed by atoms with Gasteiger partial charge in [-0.05, 0) is 61.1 Å². The molecule has 1 saturated heterocycles. The highest BCUT2D eigenvalue weighted by molar-refractivity contribution is 6.34. The lowest BCUT2D eigenvalue weighted by molar-refractivity contribution is -0.361. The van der Waals surface area contributed by atoms with Gasteiger partial charge in [0.05, 0.1) is 17.2 Å². The number of ketones is 2. The Labute approximate surface area is 278 Å². The highest BCUT2D eigenvalue weighted by Gasteiger charge is 2.69. The number of nitrogens with zero attached hydrogens (tertiary/aromatic N) is 1. The van der Waals surface area contributed by atoms with Gasteiger partial charge in [0.1, 0.15) is 29.5 Å². The number of carbonyl (C=O) groups excluding carboxylic acids is 2. The Morgan fingerprint density at radius 3 is 2.49 bits per heavy atom. The molecule has 7 aliphatic rings. The van der Waals surface area contributed by atoms with Crippen molar-refractivity contribution in [2.24, 2.45) is 5.41 Å². The van der Waals surface area contributed by atoms with Gasteiger partial charge in [0.2, 0.25) is 5.78 Å². The van der Waals surface area contributed by atoms with Gasteiger partial charge in [0.15, 0.2) is 23.7 Å². The SMILES string of the molecule is Cc1cc(O)c2c(c1)C(=O)c1c(c3cc4c(nccc14)NC[C@H](O)C1(CCCC1)C1=C4C=C[C@@]5(O3)O[C@]4([C@H](O)NN1)[C@@H](O)[C@H](O)[C@H]5O)C2=O. The topological polar surface area (TPSA) is 223 Å². The molecule has 10 rings (SSSR count). The molecule has 6 heterocycles. The number of hydrogen-bond donors (Lipinski definition) is 9. The van der Waals surface area contributed by atoms with E-state index in [0.29, 0.717) is 34.9 Å². The second kappa shape index (κ2) is 10.1. The van der Waals surface area contributed by atoms with Gasteiger partial charge in [0, 0.05) is 45.9 Å². The minimum atomic E-state index is -2.32. The maximum absolute atomic E-state index is 14.4. The van der Waals surface area contributed by atoms with E-state index in [1.165, 1.54) is 36.5 Å². The zero-order valence-corrected chi connectivity index (χ0v) is 26.2. The number of pyridine rings is 1. The van der Waals surface area contributed by atoms with Crippen LogP contribution >= 0.6 is 0 Å². The molecule has 14 heteroatoms. The minimum Gasteiger partial charge on any atom is -0.507 e. The second-order valence-electron chi connectivity index (χ2n) is 13.9. The van der Waals surface area contributed by atoms with Crippen molar-refractivity contribution in [3.05, 3.63) is 81.7 Å². The Balaban J connectivity index is 1.36. The molecule has 14 nitrogen and oxygen atoms in total. The number of aliphatic hydroxyl groups excluding tert-OH is 5. The number of hydrogen-bond acceptors (Lipinski definition) is 14. The molecule has 2 aliphatic carbocycles. The number of nitrogens with one attached hydrogen (secondary N) is 3. The Kier molecular flexibility index (Phi) is 6.30. The van der Waals surface area contributed by atoms with Crippen molar-refractivity contribution >= 4 is 28.2 Å². The average molecular weight is 671 g/mol. The number of carbonyl (C=O) groups is 2. The number of aryl methyl sites for hydroxylation is 1. The van der Waals surface area contributed by atoms with Crippen LogP contribution in [-0.2, 0) is 4.74 Å². The fraction of sp³-hybridized carbons (Fsp3) is 0.400. The van der Waals surface area contributed by atoms with Crippen LogP contribution in [-0.4, -0.2) is 95.8 Å². The van der Waals surface area contributed by atoms with Crippen molar-refractivity contribution in [3.63, 3.8) is 0 Å². The summed E-state index contributed by atoms with van der Waals surface area (Å²) in [5, 5.41) is 73.0. The molecule has 7 atom stereocenters. The predicted molar refractivity (Wildman–Crippen MR) is 170 cm³/mol. The number of rotatable bonds is 0. The molecule has 9 N–H and O–H groups in total. The zero-order chi connectivity index (χ0) is 34.2. The molecule has 3 spiro atoms. The zero-order valence-electron chi connectivity index (χ0n) is 26.2. The summed E-state index contributed by atoms with van der Waals surface area (Å²) in [6.45, 7) is 1.68. The maximum atomic E-state index is 14.4. The van der Waals surface area contributed by atoms with E-state index < -0.39 is 64.8 Å². The van der Waals surface area contributed by atoms with Crippen LogP contribution in [0.25, 0.3) is 10.8 Å². The van der Waals surface area contributed by atoms with Gasteiger partial charge >= 0.3 is 0 Å². The van der Waals surface area contributed by atoms with Gasteiger partial charge in [-0.25, -0.2) is 10.4 Å². The van der Waals surface area contributed by atoms with Crippen molar-refractivity contribution < 1.29 is 49.7 Å². The van der Waals surface area contributed by atoms with Crippen LogP contribution in [0.5, 0.6) is 11.5 Å². The number of anilines is 1. The summed E-state index contributed by atoms with van der Waals surface area (Å²) in [5.41, 5.74) is 3.50. The number of benzene rings is 2. The fourth-order valence-corrected chi connectivity index (χ4v) is 8.93. The van der Waals surface area contributed by atoms with E-state index in [4.69, 9.17) is 9.47 Å². The van der Waals surface area contributed by atoms with Gasteiger partial charge in [0.25, 0.3) is 5.79 Å². The number of phenols is 1. The molecule has 0 radical (unpaired) electrons. The van der Waals surface area contributed by atoms with Gasteiger partial charge < -0.3 is 50.9 Å². The Morgan fingerprint density at radius 2 is 1.71 bits per heavy atom. The van der Waals surface area contributed by atoms with E-state index in [1.54, 1.807) is 13.0 Å². The van der Waals surface area contributed by atoms with Gasteiger partial charge in [-0.1, -0.05) is 18.9 Å². The lowest BCUT2D eigenvalue weighted by atomic mass is 9.67. The van der Waals surface area contributed by atoms with Crippen molar-refractivity contribution in [1.82, 2.24) is 15.8 Å². The standard InChI is InChI=1S/C35H34N4O10/c1-14-10-17-22(19(40)11-14)26(43)24-20-12-16-15(23(24)25(17)42)5-9-36-31(16)37-13-21(41)33(6-2-3-7-33)28-18-4-8-34(48-20)29(45)27(44)30(46)35(18,49-34)32(47)39-38-28/h4-5,8-12,21,27,29-30,32,38-41,44-47H,2-3,6-7,13H2,1H3,(H,36,37)/t21-,27+,29+,30-,32-,34+,35-/m0/s1. The summed E-state index contributed by atoms with van der Waals surface area (Å²) in [7, 11) is 0. The van der Waals surface area contributed by atoms with Crippen LogP contribution in [0.1, 0.15) is 63.1 Å². The van der Waals surface area contributed by atoms with Crippen LogP contribution in [0.4, 0.5) is 5.82 Å². The summed E-state index contributed by atoms with van der Waals surface area (Å²) in [6.07, 6.45) is -1.58. The molecule has 2 aromatic carbocycles. The predicted octanol–water partition coefficient (Wildman–Crippen LogP) is 0.548. The molecule has 5 aliphatic heterocycles. The molecule has 1 aromatic heterocycles. The number of hydrazine groups is 1. The molecule has 3 aromatic rings. The number of aromatic hydroxyl groups is 1. The molecule has 1 saturated carbocycles. The molecular weight excluding hydrogens is 636 g/mol. The van der Waals surface area contributed by atoms with Gasteiger partial charge in [-0.15, -0.1) is 0 Å². The molecular formula is C35H34N4O10. The van der Waals surface area contributed by atoms with E-state index in [-0.39, 0.29) is 45.9 Å². The van der Waals surface area contributed by atoms with Crippen LogP contribution in [0.3, 0.4) is 0 Å². The van der Waals surface area contributed by atoms with Crippen molar-refractivity contribution in [2.75, 3.05) is 11.9 Å². The second-order valence-corrected chi connectivity index (χ2v) is 13.9. The first-order valence-electron chi connectivity index (χ1n) is 16.3. The summed E-state index contributed by atoms with van der Waals surface area (Å²) >= 11 is 0. The lowest BCUT2D eigenvalue weighted by Crippen LogP contribution is -2.80. The Hall–Kier alpha value is -4.41. The molecule has 0 amide bonds. The van der Waals surface area contributed by atoms with E-state index in [0.717, 1.165) is 12.8 Å². The average Bonchev–Trinajstić information content (AvgIpc) is 3.58. The Bertz CT molecular complexity index is 2070. The third kappa shape index (κ3) is 3.76. The van der Waals surface area contributed by atoms with Crippen molar-refractivity contribution in [2.45, 2.75) is 74.6 Å². The smallest absolute Gasteiger partial charge is 0.260 e. The molecule has 0 unspecified atom stereocenters. The first-order valence-corrected chi connectivity index (χ1v) is 16.3. The van der Waals surface area contributed by atoms with Crippen LogP contribution in [0.15, 0.2) is 53.9 Å². The monoisotopic (exact) mass is 670 g/mol. The lowest BCUT2D eigenvalue weighted by Gasteiger charge is -2.59. The fourth-order valence-electron chi connectivity index (χ4n) is 8.93. The highest BCUT2D eigenvalue weighted by Crippen LogP contribution is 2.56. The van der Waals surface area contributed by atoms with E-state index >= 15 is 0 Å². The molecule has 6 bridgehead atoms. The van der Waals surface area contributed by atoms with E-state index in [2.05, 4.69) is 21.2 Å². The normalized spacial score (nSPS) is 34.0. The molecule has 2 fully saturated rings. The summed E-state index contributed by atoms with van der Waals surface area (Å²) < 4.78 is 13.0. The minimum absolute atomic E-state index is 0.00107. The third-order valence-corrected chi connectivity index (χ3v) is 11.3. The van der Waals surface area contributed by atoms with Crippen molar-refractivity contribution in [3.8, 4) is 11.5 Å². The van der Waals surface area contributed by atoms with Gasteiger partial charge in [-0.3, -0.25) is 9.59 Å². The number of ether oxygens (including phenoxy) is 2. The maximum Gasteiger partial charge on any atom is 0.260 e. The van der Waals surface area contributed by atoms with Crippen LogP contribution in [0, 0.1) is 12.3 Å². The number of aliphatic hydroxyl groups is 5. The molecule has 49 heavy (non-hydrogen) atoms. The first-order chi connectivity index (χ1) is 23.4. The number of phenolic OH excluding ortho intramolecular Hbond substituents is 1. The first kappa shape index (κ1) is 30.6. The largest absolute Gasteiger partial charge is 0.507 e. The van der Waals surface area contributed by atoms with E-state index in [1.807, 2.05) is 0 Å². The summed E-state index contributed by atoms with van der Waals surface area (Å²) in [5.74, 6) is -3.98. The van der Waals surface area contributed by atoms with E-state index in [9.17, 15) is 40.2 Å². The highest BCUT2D eigenvalue weighted by atomic mass is 16.7. The third-order valence-electron chi connectivity index (χ3n) is 11.3. The van der Waals surface area contributed by atoms with Crippen LogP contribution < -0.4 is 20.9 Å². The summed E-state index contributed by atoms with van der Waals surface area (Å²) in [4.78, 5) is 33.2. The van der Waals surface area contributed by atoms with Gasteiger partial charge in [-0.2, -0.15) is 0 Å². The van der Waals surface area contributed by atoms with Crippen LogP contribution in [0.2, 0.25) is 0 Å². The Morgan fingerprint density at radius 1 is 0.939 bits per heavy atom. The number of aromatic nitrogens is 1. The molecule has 254 valence electrons. The quantitative estimate of drug-likeness (QED) is 0.125. The van der Waals surface area contributed by atoms with Crippen molar-refractivity contribution in [1.29, 1.82) is 0 Å². The number of fused-ring (bicyclic) bond motifs is 5.